The van der Waals surface area contributed by atoms with Crippen LogP contribution in [0.2, 0.25) is 0 Å². The molecule has 1 fully saturated rings. The topological polar surface area (TPSA) is 157 Å². The van der Waals surface area contributed by atoms with Crippen LogP contribution in [0, 0.1) is 6.92 Å². The third kappa shape index (κ3) is 3.38. The van der Waals surface area contributed by atoms with Gasteiger partial charge in [-0.05, 0) is 30.9 Å². The van der Waals surface area contributed by atoms with Crippen molar-refractivity contribution in [3.05, 3.63) is 29.3 Å². The average molecular weight is 394 g/mol. The third-order valence-corrected chi connectivity index (χ3v) is 4.80. The van der Waals surface area contributed by atoms with Crippen LogP contribution in [0.15, 0.2) is 18.2 Å². The minimum Gasteiger partial charge on any atom is -0.508 e. The number of aromatic hydroxyl groups is 2. The van der Waals surface area contributed by atoms with Crippen LogP contribution in [0.25, 0.3) is 10.8 Å². The van der Waals surface area contributed by atoms with Crippen LogP contribution < -0.4 is 4.74 Å². The van der Waals surface area contributed by atoms with Crippen molar-refractivity contribution in [2.75, 3.05) is 6.61 Å². The van der Waals surface area contributed by atoms with Gasteiger partial charge in [0.2, 0.25) is 6.29 Å². The van der Waals surface area contributed by atoms with Crippen molar-refractivity contribution in [3.8, 4) is 17.2 Å². The number of aryl methyl sites for hydroxylation is 1. The molecule has 2 aromatic carbocycles. The van der Waals surface area contributed by atoms with Crippen molar-refractivity contribution >= 4 is 16.6 Å². The highest BCUT2D eigenvalue weighted by Gasteiger charge is 2.45. The molecule has 0 amide bonds. The fourth-order valence-corrected chi connectivity index (χ4v) is 3.43. The first kappa shape index (κ1) is 20.3. The lowest BCUT2D eigenvalue weighted by Crippen LogP contribution is -2.60. The van der Waals surface area contributed by atoms with Crippen LogP contribution in [0.3, 0.4) is 0 Å². The van der Waals surface area contributed by atoms with Crippen molar-refractivity contribution < 1.29 is 44.9 Å². The number of aliphatic hydroxyl groups is 4. The summed E-state index contributed by atoms with van der Waals surface area (Å²) in [6, 6.07) is 4.11. The second kappa shape index (κ2) is 7.53. The molecule has 1 heterocycles. The van der Waals surface area contributed by atoms with Crippen LogP contribution in [0.5, 0.6) is 17.2 Å². The van der Waals surface area contributed by atoms with Crippen molar-refractivity contribution in [2.24, 2.45) is 0 Å². The molecule has 28 heavy (non-hydrogen) atoms. The maximum atomic E-state index is 11.9. The summed E-state index contributed by atoms with van der Waals surface area (Å²) in [5, 5.41) is 60.3. The van der Waals surface area contributed by atoms with E-state index in [9.17, 15) is 35.4 Å². The van der Waals surface area contributed by atoms with E-state index in [-0.39, 0.29) is 34.0 Å². The van der Waals surface area contributed by atoms with E-state index in [1.54, 1.807) is 13.0 Å². The molecule has 9 nitrogen and oxygen atoms in total. The lowest BCUT2D eigenvalue weighted by Gasteiger charge is -2.39. The van der Waals surface area contributed by atoms with Gasteiger partial charge in [0.15, 0.2) is 5.78 Å². The molecule has 0 aliphatic carbocycles. The molecule has 9 heteroatoms. The van der Waals surface area contributed by atoms with E-state index in [0.717, 1.165) is 6.07 Å². The van der Waals surface area contributed by atoms with E-state index < -0.39 is 37.3 Å². The molecule has 0 unspecified atom stereocenters. The number of carbonyl (C=O) groups excluding carboxylic acids is 1. The summed E-state index contributed by atoms with van der Waals surface area (Å²) in [5.41, 5.74) is 0.582. The van der Waals surface area contributed by atoms with E-state index in [4.69, 9.17) is 9.47 Å². The van der Waals surface area contributed by atoms with Crippen molar-refractivity contribution in [2.45, 2.75) is 44.6 Å². The zero-order valence-corrected chi connectivity index (χ0v) is 15.2. The van der Waals surface area contributed by atoms with Gasteiger partial charge in [0, 0.05) is 6.07 Å². The molecule has 3 rings (SSSR count). The zero-order valence-electron chi connectivity index (χ0n) is 15.2. The van der Waals surface area contributed by atoms with Crippen LogP contribution in [0.4, 0.5) is 0 Å². The SMILES string of the molecule is CC(=O)c1c(C)cc2cc(O)cc(O[C@@H]3O[C@H](CO)[C@@H](O)[C@@H](O)[C@H]3O)c2c1O. The first-order valence-corrected chi connectivity index (χ1v) is 8.63. The highest BCUT2D eigenvalue weighted by atomic mass is 16.7. The van der Waals surface area contributed by atoms with E-state index in [0.29, 0.717) is 10.9 Å². The Labute approximate surface area is 160 Å². The maximum absolute atomic E-state index is 11.9. The number of phenols is 2. The number of ether oxygens (including phenoxy) is 2. The third-order valence-electron chi connectivity index (χ3n) is 4.80. The molecule has 1 aliphatic heterocycles. The van der Waals surface area contributed by atoms with Gasteiger partial charge in [-0.2, -0.15) is 0 Å². The quantitative estimate of drug-likeness (QED) is 0.391. The molecule has 152 valence electrons. The molecular formula is C19H22O9. The molecule has 0 bridgehead atoms. The van der Waals surface area contributed by atoms with Crippen LogP contribution >= 0.6 is 0 Å². The first-order valence-electron chi connectivity index (χ1n) is 8.63. The Balaban J connectivity index is 2.10. The molecule has 0 aromatic heterocycles. The summed E-state index contributed by atoms with van der Waals surface area (Å²) in [6.07, 6.45) is -7.57. The number of Topliss-reactive ketones (excluding diaryl/α,β-unsaturated/α-hetero) is 1. The van der Waals surface area contributed by atoms with Crippen molar-refractivity contribution in [1.29, 1.82) is 0 Å². The van der Waals surface area contributed by atoms with Gasteiger partial charge in [-0.1, -0.05) is 6.07 Å². The van der Waals surface area contributed by atoms with Gasteiger partial charge in [0.1, 0.15) is 41.7 Å². The first-order chi connectivity index (χ1) is 13.1. The van der Waals surface area contributed by atoms with Crippen LogP contribution in [0.1, 0.15) is 22.8 Å². The van der Waals surface area contributed by atoms with Gasteiger partial charge in [-0.3, -0.25) is 4.79 Å². The van der Waals surface area contributed by atoms with Gasteiger partial charge in [0.05, 0.1) is 17.6 Å². The smallest absolute Gasteiger partial charge is 0.229 e. The zero-order chi connectivity index (χ0) is 20.7. The van der Waals surface area contributed by atoms with Gasteiger partial charge in [0.25, 0.3) is 0 Å². The van der Waals surface area contributed by atoms with E-state index in [2.05, 4.69) is 0 Å². The Kier molecular flexibility index (Phi) is 5.46. The molecule has 1 aliphatic rings. The minimum absolute atomic E-state index is 0.0804. The lowest BCUT2D eigenvalue weighted by molar-refractivity contribution is -0.277. The van der Waals surface area contributed by atoms with Gasteiger partial charge in [-0.25, -0.2) is 0 Å². The fraction of sp³-hybridized carbons (Fsp3) is 0.421. The molecule has 0 saturated carbocycles. The molecule has 2 aromatic rings. The minimum atomic E-state index is -1.67. The lowest BCUT2D eigenvalue weighted by atomic mass is 9.97. The van der Waals surface area contributed by atoms with E-state index >= 15 is 0 Å². The summed E-state index contributed by atoms with van der Waals surface area (Å²) in [7, 11) is 0. The standard InChI is InChI=1S/C19H22O9/c1-7-3-9-4-10(22)5-11(14(9)16(24)13(7)8(2)21)27-19-18(26)17(25)15(23)12(6-20)28-19/h3-5,12,15,17-20,22-26H,6H2,1-2H3/t12-,15-,17-,18-,19-/m1/s1. The van der Waals surface area contributed by atoms with Crippen molar-refractivity contribution in [3.63, 3.8) is 0 Å². The number of aliphatic hydroxyl groups excluding tert-OH is 4. The monoisotopic (exact) mass is 394 g/mol. The molecule has 1 saturated heterocycles. The average Bonchev–Trinajstić information content (AvgIpc) is 2.61. The number of ketones is 1. The highest BCUT2D eigenvalue weighted by molar-refractivity contribution is 6.07. The van der Waals surface area contributed by atoms with Gasteiger partial charge < -0.3 is 40.1 Å². The summed E-state index contributed by atoms with van der Waals surface area (Å²) in [4.78, 5) is 11.9. The van der Waals surface area contributed by atoms with Crippen LogP contribution in [-0.4, -0.2) is 73.7 Å². The number of rotatable bonds is 4. The summed E-state index contributed by atoms with van der Waals surface area (Å²) < 4.78 is 10.9. The van der Waals surface area contributed by atoms with Crippen LogP contribution in [-0.2, 0) is 4.74 Å². The fourth-order valence-electron chi connectivity index (χ4n) is 3.43. The number of hydrogen-bond donors (Lipinski definition) is 6. The molecular weight excluding hydrogens is 372 g/mol. The largest absolute Gasteiger partial charge is 0.508 e. The highest BCUT2D eigenvalue weighted by Crippen LogP contribution is 2.41. The van der Waals surface area contributed by atoms with Gasteiger partial charge >= 0.3 is 0 Å². The Morgan fingerprint density at radius 3 is 2.39 bits per heavy atom. The van der Waals surface area contributed by atoms with E-state index in [1.165, 1.54) is 13.0 Å². The number of hydrogen-bond acceptors (Lipinski definition) is 9. The molecule has 6 N–H and O–H groups in total. The summed E-state index contributed by atoms with van der Waals surface area (Å²) in [5.74, 6) is -1.05. The normalized spacial score (nSPS) is 27.7. The van der Waals surface area contributed by atoms with E-state index in [1.807, 2.05) is 0 Å². The molecule has 0 spiro atoms. The second-order valence-electron chi connectivity index (χ2n) is 6.83. The Morgan fingerprint density at radius 1 is 1.11 bits per heavy atom. The van der Waals surface area contributed by atoms with Gasteiger partial charge in [-0.15, -0.1) is 0 Å². The Morgan fingerprint density at radius 2 is 1.79 bits per heavy atom. The number of benzene rings is 2. The summed E-state index contributed by atoms with van der Waals surface area (Å²) >= 11 is 0. The maximum Gasteiger partial charge on any atom is 0.229 e. The Hall–Kier alpha value is -2.43. The molecule has 0 radical (unpaired) electrons. The number of carbonyl (C=O) groups is 1. The molecule has 5 atom stereocenters. The summed E-state index contributed by atoms with van der Waals surface area (Å²) in [6.45, 7) is 2.30. The predicted molar refractivity (Wildman–Crippen MR) is 96.4 cm³/mol. The predicted octanol–water partition coefficient (Wildman–Crippen LogP) is -0.0593. The van der Waals surface area contributed by atoms with Crippen molar-refractivity contribution in [1.82, 2.24) is 0 Å². The number of fused-ring (bicyclic) bond motifs is 1. The number of phenolic OH excluding ortho intramolecular Hbond substituents is 2. The Bertz CT molecular complexity index is 908. The second-order valence-corrected chi connectivity index (χ2v) is 6.83.